The van der Waals surface area contributed by atoms with Crippen molar-refractivity contribution in [2.75, 3.05) is 10.6 Å². The predicted octanol–water partition coefficient (Wildman–Crippen LogP) is 9.14. The zero-order valence-corrected chi connectivity index (χ0v) is 28.4. The van der Waals surface area contributed by atoms with Crippen LogP contribution in [0.2, 0.25) is 0 Å². The summed E-state index contributed by atoms with van der Waals surface area (Å²) in [5, 5.41) is 10.2. The minimum Gasteiger partial charge on any atom is -0.321 e. The monoisotopic (exact) mass is 698 g/mol. The molecule has 248 valence electrons. The Hall–Kier alpha value is -5.84. The molecular formula is C40H31FN4O3S2. The van der Waals surface area contributed by atoms with Gasteiger partial charge < -0.3 is 16.0 Å². The van der Waals surface area contributed by atoms with Crippen molar-refractivity contribution in [2.24, 2.45) is 0 Å². The first-order valence-electron chi connectivity index (χ1n) is 15.6. The second-order valence-corrected chi connectivity index (χ2v) is 13.2. The highest BCUT2D eigenvalue weighted by Crippen LogP contribution is 2.38. The number of benzene rings is 5. The number of thiazole rings is 1. The second-order valence-electron chi connectivity index (χ2n) is 11.2. The lowest BCUT2D eigenvalue weighted by Gasteiger charge is -2.17. The van der Waals surface area contributed by atoms with E-state index in [1.165, 1.54) is 35.2 Å². The number of halogens is 1. The minimum absolute atomic E-state index is 0.0798. The molecule has 0 spiro atoms. The normalized spacial score (nSPS) is 11.8. The van der Waals surface area contributed by atoms with Crippen LogP contribution in [0.15, 0.2) is 149 Å². The summed E-state index contributed by atoms with van der Waals surface area (Å²) in [5.41, 5.74) is 4.88. The number of carbonyl (C=O) groups is 3. The molecule has 0 radical (unpaired) electrons. The molecule has 0 aliphatic rings. The molecule has 0 saturated carbocycles. The van der Waals surface area contributed by atoms with Crippen LogP contribution >= 0.6 is 23.1 Å². The molecule has 6 aromatic rings. The van der Waals surface area contributed by atoms with Crippen LogP contribution in [-0.2, 0) is 9.59 Å². The van der Waals surface area contributed by atoms with E-state index in [1.807, 2.05) is 79.0 Å². The van der Waals surface area contributed by atoms with Crippen molar-refractivity contribution in [1.82, 2.24) is 10.3 Å². The highest BCUT2D eigenvalue weighted by Gasteiger charge is 2.24. The summed E-state index contributed by atoms with van der Waals surface area (Å²) in [4.78, 5) is 45.8. The number of anilines is 2. The molecule has 5 aromatic carbocycles. The van der Waals surface area contributed by atoms with Crippen LogP contribution in [-0.4, -0.2) is 22.7 Å². The molecular weight excluding hydrogens is 668 g/mol. The molecule has 3 N–H and O–H groups in total. The van der Waals surface area contributed by atoms with Gasteiger partial charge in [0.05, 0.1) is 5.69 Å². The topological polar surface area (TPSA) is 100 Å². The van der Waals surface area contributed by atoms with Crippen molar-refractivity contribution in [3.8, 4) is 11.3 Å². The summed E-state index contributed by atoms with van der Waals surface area (Å²) < 4.78 is 13.4. The Labute approximate surface area is 297 Å². The molecule has 0 bridgehead atoms. The molecule has 1 unspecified atom stereocenters. The van der Waals surface area contributed by atoms with Crippen LogP contribution in [0.4, 0.5) is 15.2 Å². The summed E-state index contributed by atoms with van der Waals surface area (Å²) in [6.07, 6.45) is 1.65. The zero-order valence-electron chi connectivity index (χ0n) is 26.8. The number of aryl methyl sites for hydroxylation is 1. The SMILES string of the molecule is Cc1ccccc1/C=C(\NC(=O)c1ccccc1)C(=O)Nc1cccc(SC(C(=O)Nc2nc(-c3ccc(F)cc3)cs2)c2ccccc2)c1. The number of nitrogens with one attached hydrogen (secondary N) is 3. The van der Waals surface area contributed by atoms with E-state index in [0.29, 0.717) is 22.1 Å². The Morgan fingerprint density at radius 1 is 0.800 bits per heavy atom. The quantitative estimate of drug-likeness (QED) is 0.0926. The third-order valence-electron chi connectivity index (χ3n) is 7.58. The number of hydrogen-bond donors (Lipinski definition) is 3. The number of nitrogens with zero attached hydrogens (tertiary/aromatic N) is 1. The zero-order chi connectivity index (χ0) is 34.9. The van der Waals surface area contributed by atoms with Crippen LogP contribution in [0.5, 0.6) is 0 Å². The molecule has 1 heterocycles. The Morgan fingerprint density at radius 3 is 2.24 bits per heavy atom. The summed E-state index contributed by atoms with van der Waals surface area (Å²) >= 11 is 2.61. The van der Waals surface area contributed by atoms with Gasteiger partial charge in [-0.1, -0.05) is 78.9 Å². The summed E-state index contributed by atoms with van der Waals surface area (Å²) in [7, 11) is 0. The number of hydrogen-bond acceptors (Lipinski definition) is 6. The smallest absolute Gasteiger partial charge is 0.272 e. The molecule has 7 nitrogen and oxygen atoms in total. The van der Waals surface area contributed by atoms with Crippen molar-refractivity contribution in [1.29, 1.82) is 0 Å². The van der Waals surface area contributed by atoms with Gasteiger partial charge in [-0.2, -0.15) is 0 Å². The van der Waals surface area contributed by atoms with E-state index < -0.39 is 17.1 Å². The van der Waals surface area contributed by atoms with Gasteiger partial charge in [-0.15, -0.1) is 23.1 Å². The predicted molar refractivity (Wildman–Crippen MR) is 199 cm³/mol. The second kappa shape index (κ2) is 16.0. The molecule has 1 aromatic heterocycles. The maximum atomic E-state index is 13.7. The molecule has 0 saturated heterocycles. The van der Waals surface area contributed by atoms with E-state index in [4.69, 9.17) is 0 Å². The largest absolute Gasteiger partial charge is 0.321 e. The third kappa shape index (κ3) is 8.79. The van der Waals surface area contributed by atoms with E-state index in [2.05, 4.69) is 20.9 Å². The summed E-state index contributed by atoms with van der Waals surface area (Å²) in [5.74, 6) is -1.52. The first-order chi connectivity index (χ1) is 24.3. The first kappa shape index (κ1) is 34.0. The number of amides is 3. The lowest BCUT2D eigenvalue weighted by Crippen LogP contribution is -2.30. The van der Waals surface area contributed by atoms with E-state index in [9.17, 15) is 18.8 Å². The van der Waals surface area contributed by atoms with E-state index in [1.54, 1.807) is 60.7 Å². The average molecular weight is 699 g/mol. The Morgan fingerprint density at radius 2 is 1.50 bits per heavy atom. The highest BCUT2D eigenvalue weighted by atomic mass is 32.2. The van der Waals surface area contributed by atoms with Crippen LogP contribution in [0, 0.1) is 12.7 Å². The molecule has 0 aliphatic carbocycles. The number of rotatable bonds is 11. The molecule has 6 rings (SSSR count). The molecule has 50 heavy (non-hydrogen) atoms. The lowest BCUT2D eigenvalue weighted by molar-refractivity contribution is -0.116. The number of carbonyl (C=O) groups excluding carboxylic acids is 3. The lowest BCUT2D eigenvalue weighted by atomic mass is 10.1. The standard InChI is InChI=1S/C40H31FN4O3S2/c1-26-11-8-9-16-30(26)23-34(43-37(46)29-14-6-3-7-15-29)38(47)42-32-17-10-18-33(24-32)50-36(28-12-4-2-5-13-28)39(48)45-40-44-35(25-49-40)27-19-21-31(41)22-20-27/h2-25,36H,1H3,(H,42,47)(H,43,46)(H,44,45,48)/b34-23-. The maximum absolute atomic E-state index is 13.7. The van der Waals surface area contributed by atoms with E-state index in [0.717, 1.165) is 27.1 Å². The molecule has 10 heteroatoms. The average Bonchev–Trinajstić information content (AvgIpc) is 3.60. The molecule has 0 fully saturated rings. The van der Waals surface area contributed by atoms with Crippen molar-refractivity contribution in [2.45, 2.75) is 17.1 Å². The fourth-order valence-electron chi connectivity index (χ4n) is 4.98. The number of aromatic nitrogens is 1. The fraction of sp³-hybridized carbons (Fsp3) is 0.0500. The Balaban J connectivity index is 1.21. The minimum atomic E-state index is -0.651. The van der Waals surface area contributed by atoms with Gasteiger partial charge in [0.2, 0.25) is 5.91 Å². The van der Waals surface area contributed by atoms with E-state index >= 15 is 0 Å². The Bertz CT molecular complexity index is 2150. The Kier molecular flexibility index (Phi) is 10.9. The maximum Gasteiger partial charge on any atom is 0.272 e. The molecule has 0 aliphatic heterocycles. The van der Waals surface area contributed by atoms with E-state index in [-0.39, 0.29) is 17.4 Å². The summed E-state index contributed by atoms with van der Waals surface area (Å²) in [6.45, 7) is 1.93. The van der Waals surface area contributed by atoms with Gasteiger partial charge in [-0.05, 0) is 84.3 Å². The van der Waals surface area contributed by atoms with Crippen LogP contribution < -0.4 is 16.0 Å². The van der Waals surface area contributed by atoms with Gasteiger partial charge in [-0.25, -0.2) is 9.37 Å². The first-order valence-corrected chi connectivity index (χ1v) is 17.4. The highest BCUT2D eigenvalue weighted by molar-refractivity contribution is 8.00. The van der Waals surface area contributed by atoms with Crippen LogP contribution in [0.25, 0.3) is 17.3 Å². The van der Waals surface area contributed by atoms with Crippen LogP contribution in [0.3, 0.4) is 0 Å². The molecule has 3 amide bonds. The van der Waals surface area contributed by atoms with Gasteiger partial charge >= 0.3 is 0 Å². The number of thioether (sulfide) groups is 1. The third-order valence-corrected chi connectivity index (χ3v) is 9.58. The van der Waals surface area contributed by atoms with Gasteiger partial charge in [0, 0.05) is 27.1 Å². The fourth-order valence-corrected chi connectivity index (χ4v) is 6.79. The van der Waals surface area contributed by atoms with Crippen molar-refractivity contribution < 1.29 is 18.8 Å². The van der Waals surface area contributed by atoms with Gasteiger partial charge in [0.25, 0.3) is 11.8 Å². The van der Waals surface area contributed by atoms with Crippen molar-refractivity contribution >= 4 is 57.7 Å². The van der Waals surface area contributed by atoms with Crippen molar-refractivity contribution in [3.05, 3.63) is 173 Å². The van der Waals surface area contributed by atoms with Gasteiger partial charge in [0.1, 0.15) is 16.8 Å². The molecule has 1 atom stereocenters. The van der Waals surface area contributed by atoms with Crippen LogP contribution in [0.1, 0.15) is 32.3 Å². The summed E-state index contributed by atoms with van der Waals surface area (Å²) in [6, 6.07) is 38.9. The van der Waals surface area contributed by atoms with Crippen molar-refractivity contribution in [3.63, 3.8) is 0 Å². The van der Waals surface area contributed by atoms with Gasteiger partial charge in [-0.3, -0.25) is 14.4 Å². The van der Waals surface area contributed by atoms with Gasteiger partial charge in [0.15, 0.2) is 5.13 Å².